The predicted octanol–water partition coefficient (Wildman–Crippen LogP) is 2.61. The van der Waals surface area contributed by atoms with E-state index in [0.29, 0.717) is 17.2 Å². The molecule has 3 aromatic rings. The van der Waals surface area contributed by atoms with Crippen LogP contribution in [0.5, 0.6) is 0 Å². The van der Waals surface area contributed by atoms with E-state index in [2.05, 4.69) is 10.1 Å². The van der Waals surface area contributed by atoms with Crippen molar-refractivity contribution < 1.29 is 18.8 Å². The van der Waals surface area contributed by atoms with Gasteiger partial charge in [0.25, 0.3) is 0 Å². The number of thiazole rings is 1. The lowest BCUT2D eigenvalue weighted by Crippen LogP contribution is -2.23. The third kappa shape index (κ3) is 3.69. The minimum atomic E-state index is -0.516. The van der Waals surface area contributed by atoms with Gasteiger partial charge in [0, 0.05) is 6.07 Å². The van der Waals surface area contributed by atoms with Gasteiger partial charge in [-0.15, -0.1) is 0 Å². The molecule has 0 N–H and O–H groups in total. The van der Waals surface area contributed by atoms with Gasteiger partial charge in [-0.25, -0.2) is 0 Å². The summed E-state index contributed by atoms with van der Waals surface area (Å²) in [5, 5.41) is 3.69. The standard InChI is InChI=1S/C17H17N3O4S/c1-4-23-15(21)9-20-13-6-5-10(2)7-14(13)25-17(20)18-16(22)12-8-11(3)24-19-12/h5-8H,4,9H2,1-3H3. The Bertz CT molecular complexity index is 1010. The molecule has 0 aliphatic heterocycles. The highest BCUT2D eigenvalue weighted by Crippen LogP contribution is 2.19. The molecule has 0 atom stereocenters. The van der Waals surface area contributed by atoms with Crippen molar-refractivity contribution >= 4 is 33.4 Å². The molecule has 0 aliphatic carbocycles. The number of benzene rings is 1. The Kier molecular flexibility index (Phi) is 4.80. The molecule has 25 heavy (non-hydrogen) atoms. The van der Waals surface area contributed by atoms with Crippen LogP contribution in [0.1, 0.15) is 28.7 Å². The van der Waals surface area contributed by atoms with Gasteiger partial charge in [-0.1, -0.05) is 22.6 Å². The van der Waals surface area contributed by atoms with Crippen LogP contribution in [0.4, 0.5) is 0 Å². The normalized spacial score (nSPS) is 11.9. The lowest BCUT2D eigenvalue weighted by atomic mass is 10.2. The molecule has 0 saturated heterocycles. The number of amides is 1. The first-order valence-electron chi connectivity index (χ1n) is 7.76. The van der Waals surface area contributed by atoms with Crippen molar-refractivity contribution in [3.05, 3.63) is 46.1 Å². The second-order valence-corrected chi connectivity index (χ2v) is 6.50. The largest absolute Gasteiger partial charge is 0.465 e. The van der Waals surface area contributed by atoms with E-state index < -0.39 is 5.91 Å². The van der Waals surface area contributed by atoms with Crippen LogP contribution in [0.2, 0.25) is 0 Å². The second-order valence-electron chi connectivity index (χ2n) is 5.49. The maximum absolute atomic E-state index is 12.3. The maximum atomic E-state index is 12.3. The third-order valence-electron chi connectivity index (χ3n) is 3.48. The van der Waals surface area contributed by atoms with Gasteiger partial charge in [-0.05, 0) is 38.5 Å². The average Bonchev–Trinajstić information content (AvgIpc) is 3.12. The van der Waals surface area contributed by atoms with E-state index in [1.54, 1.807) is 18.4 Å². The summed E-state index contributed by atoms with van der Waals surface area (Å²) in [5.74, 6) is -0.364. The van der Waals surface area contributed by atoms with E-state index in [1.807, 2.05) is 25.1 Å². The number of fused-ring (bicyclic) bond motifs is 1. The van der Waals surface area contributed by atoms with Crippen LogP contribution in [0.15, 0.2) is 33.8 Å². The fraction of sp³-hybridized carbons (Fsp3) is 0.294. The van der Waals surface area contributed by atoms with E-state index >= 15 is 0 Å². The Morgan fingerprint density at radius 2 is 2.12 bits per heavy atom. The predicted molar refractivity (Wildman–Crippen MR) is 92.3 cm³/mol. The number of aromatic nitrogens is 2. The summed E-state index contributed by atoms with van der Waals surface area (Å²) in [6, 6.07) is 7.37. The number of hydrogen-bond acceptors (Lipinski definition) is 6. The van der Waals surface area contributed by atoms with Crippen LogP contribution >= 0.6 is 11.3 Å². The fourth-order valence-electron chi connectivity index (χ4n) is 2.37. The van der Waals surface area contributed by atoms with Crippen molar-refractivity contribution in [1.82, 2.24) is 9.72 Å². The summed E-state index contributed by atoms with van der Waals surface area (Å²) in [7, 11) is 0. The molecule has 3 rings (SSSR count). The summed E-state index contributed by atoms with van der Waals surface area (Å²) in [6.07, 6.45) is 0. The van der Waals surface area contributed by atoms with Gasteiger partial charge in [-0.2, -0.15) is 4.99 Å². The minimum absolute atomic E-state index is 0.0130. The van der Waals surface area contributed by atoms with Crippen molar-refractivity contribution in [3.63, 3.8) is 0 Å². The first kappa shape index (κ1) is 17.1. The molecular formula is C17H17N3O4S. The van der Waals surface area contributed by atoms with Crippen LogP contribution in [-0.4, -0.2) is 28.2 Å². The summed E-state index contributed by atoms with van der Waals surface area (Å²) in [6.45, 7) is 5.71. The van der Waals surface area contributed by atoms with E-state index in [0.717, 1.165) is 15.8 Å². The minimum Gasteiger partial charge on any atom is -0.465 e. The first-order valence-corrected chi connectivity index (χ1v) is 8.57. The van der Waals surface area contributed by atoms with Crippen molar-refractivity contribution in [3.8, 4) is 0 Å². The molecule has 0 fully saturated rings. The fourth-order valence-corrected chi connectivity index (χ4v) is 3.49. The number of ether oxygens (including phenoxy) is 1. The zero-order valence-electron chi connectivity index (χ0n) is 14.1. The highest BCUT2D eigenvalue weighted by atomic mass is 32.1. The molecule has 0 aliphatic rings. The van der Waals surface area contributed by atoms with Gasteiger partial charge in [-0.3, -0.25) is 9.59 Å². The molecule has 2 aromatic heterocycles. The smallest absolute Gasteiger partial charge is 0.326 e. The average molecular weight is 359 g/mol. The molecule has 0 bridgehead atoms. The lowest BCUT2D eigenvalue weighted by molar-refractivity contribution is -0.143. The van der Waals surface area contributed by atoms with Gasteiger partial charge in [0.2, 0.25) is 0 Å². The Balaban J connectivity index is 2.10. The lowest BCUT2D eigenvalue weighted by Gasteiger charge is -2.05. The highest BCUT2D eigenvalue weighted by Gasteiger charge is 2.14. The summed E-state index contributed by atoms with van der Waals surface area (Å²) in [4.78, 5) is 28.8. The van der Waals surface area contributed by atoms with Gasteiger partial charge in [0.15, 0.2) is 10.5 Å². The molecule has 1 aromatic carbocycles. The summed E-state index contributed by atoms with van der Waals surface area (Å²) in [5.41, 5.74) is 2.04. The molecule has 0 spiro atoms. The topological polar surface area (TPSA) is 86.7 Å². The number of aryl methyl sites for hydroxylation is 2. The molecule has 0 radical (unpaired) electrons. The Hall–Kier alpha value is -2.74. The quantitative estimate of drug-likeness (QED) is 0.668. The van der Waals surface area contributed by atoms with Gasteiger partial charge in [0.1, 0.15) is 12.3 Å². The van der Waals surface area contributed by atoms with Crippen molar-refractivity contribution in [2.24, 2.45) is 4.99 Å². The number of carbonyl (C=O) groups excluding carboxylic acids is 2. The number of carbonyl (C=O) groups is 2. The van der Waals surface area contributed by atoms with Crippen LogP contribution in [0.25, 0.3) is 10.2 Å². The van der Waals surface area contributed by atoms with E-state index in [4.69, 9.17) is 9.26 Å². The van der Waals surface area contributed by atoms with E-state index in [9.17, 15) is 9.59 Å². The Morgan fingerprint density at radius 1 is 1.32 bits per heavy atom. The molecule has 0 unspecified atom stereocenters. The van der Waals surface area contributed by atoms with Crippen molar-refractivity contribution in [2.75, 3.05) is 6.61 Å². The van der Waals surface area contributed by atoms with Gasteiger partial charge < -0.3 is 13.8 Å². The Morgan fingerprint density at radius 3 is 2.80 bits per heavy atom. The van der Waals surface area contributed by atoms with Crippen LogP contribution < -0.4 is 4.80 Å². The number of rotatable bonds is 4. The second kappa shape index (κ2) is 7.02. The highest BCUT2D eigenvalue weighted by molar-refractivity contribution is 7.16. The van der Waals surface area contributed by atoms with Gasteiger partial charge in [0.05, 0.1) is 16.8 Å². The third-order valence-corrected chi connectivity index (χ3v) is 4.52. The zero-order chi connectivity index (χ0) is 18.0. The molecule has 1 amide bonds. The molecule has 130 valence electrons. The molecule has 7 nitrogen and oxygen atoms in total. The summed E-state index contributed by atoms with van der Waals surface area (Å²) >= 11 is 1.34. The van der Waals surface area contributed by atoms with Gasteiger partial charge >= 0.3 is 11.9 Å². The molecule has 2 heterocycles. The number of hydrogen-bond donors (Lipinski definition) is 0. The van der Waals surface area contributed by atoms with Crippen LogP contribution in [0, 0.1) is 13.8 Å². The Labute approximate surface area is 147 Å². The SMILES string of the molecule is CCOC(=O)Cn1c(=NC(=O)c2cc(C)on2)sc2cc(C)ccc21. The number of esters is 1. The monoisotopic (exact) mass is 359 g/mol. The van der Waals surface area contributed by atoms with E-state index in [1.165, 1.54) is 17.4 Å². The van der Waals surface area contributed by atoms with E-state index in [-0.39, 0.29) is 18.2 Å². The molecular weight excluding hydrogens is 342 g/mol. The van der Waals surface area contributed by atoms with Crippen LogP contribution in [-0.2, 0) is 16.1 Å². The first-order chi connectivity index (χ1) is 12.0. The molecule has 0 saturated carbocycles. The molecule has 8 heteroatoms. The number of nitrogens with zero attached hydrogens (tertiary/aromatic N) is 3. The van der Waals surface area contributed by atoms with Crippen molar-refractivity contribution in [2.45, 2.75) is 27.3 Å². The van der Waals surface area contributed by atoms with Crippen molar-refractivity contribution in [1.29, 1.82) is 0 Å². The van der Waals surface area contributed by atoms with Crippen LogP contribution in [0.3, 0.4) is 0 Å². The zero-order valence-corrected chi connectivity index (χ0v) is 14.9. The maximum Gasteiger partial charge on any atom is 0.326 e. The summed E-state index contributed by atoms with van der Waals surface area (Å²) < 4.78 is 12.6.